The number of hydrogen-bond donors (Lipinski definition) is 1. The van der Waals surface area contributed by atoms with E-state index >= 15 is 0 Å². The molecule has 0 amide bonds. The summed E-state index contributed by atoms with van der Waals surface area (Å²) >= 11 is 0. The third-order valence-corrected chi connectivity index (χ3v) is 5.85. The summed E-state index contributed by atoms with van der Waals surface area (Å²) in [6.45, 7) is 6.56. The average Bonchev–Trinajstić information content (AvgIpc) is 3.29. The van der Waals surface area contributed by atoms with Crippen molar-refractivity contribution in [1.82, 2.24) is 9.62 Å². The lowest BCUT2D eigenvalue weighted by atomic mass is 10.1. The fourth-order valence-corrected chi connectivity index (χ4v) is 4.18. The van der Waals surface area contributed by atoms with Gasteiger partial charge in [-0.3, -0.25) is 0 Å². The minimum atomic E-state index is -3.32. The summed E-state index contributed by atoms with van der Waals surface area (Å²) in [7, 11) is -3.32. The van der Waals surface area contributed by atoms with Crippen LogP contribution in [0.25, 0.3) is 0 Å². The normalized spacial score (nSPS) is 15.6. The molecule has 0 aromatic heterocycles. The summed E-state index contributed by atoms with van der Waals surface area (Å²) in [4.78, 5) is 0.418. The molecule has 0 spiro atoms. The molecule has 5 heteroatoms. The van der Waals surface area contributed by atoms with Gasteiger partial charge in [0.1, 0.15) is 0 Å². The number of nitrogens with one attached hydrogen (secondary N) is 1. The zero-order valence-corrected chi connectivity index (χ0v) is 13.8. The Balaban J connectivity index is 2.00. The van der Waals surface area contributed by atoms with Crippen molar-refractivity contribution in [3.05, 3.63) is 29.8 Å². The molecule has 0 aliphatic heterocycles. The number of sulfonamides is 1. The first-order chi connectivity index (χ1) is 10.1. The second-order valence-electron chi connectivity index (χ2n) is 5.58. The third-order valence-electron chi connectivity index (χ3n) is 3.81. The summed E-state index contributed by atoms with van der Waals surface area (Å²) in [5.41, 5.74) is 1.17. The maximum absolute atomic E-state index is 12.6. The molecule has 2 rings (SSSR count). The molecule has 0 heterocycles. The largest absolute Gasteiger partial charge is 0.316 e. The highest BCUT2D eigenvalue weighted by molar-refractivity contribution is 7.89. The van der Waals surface area contributed by atoms with Crippen molar-refractivity contribution in [2.45, 2.75) is 50.5 Å². The van der Waals surface area contributed by atoms with Gasteiger partial charge in [-0.1, -0.05) is 26.0 Å². The zero-order chi connectivity index (χ0) is 15.3. The molecule has 0 bridgehead atoms. The summed E-state index contributed by atoms with van der Waals surface area (Å²) in [6.07, 6.45) is 4.05. The minimum absolute atomic E-state index is 0.220. The Bertz CT molecular complexity index is 536. The van der Waals surface area contributed by atoms with Crippen LogP contribution in [0.1, 0.15) is 38.7 Å². The maximum atomic E-state index is 12.6. The van der Waals surface area contributed by atoms with Gasteiger partial charge in [-0.05, 0) is 56.5 Å². The monoisotopic (exact) mass is 310 g/mol. The fourth-order valence-electron chi connectivity index (χ4n) is 2.48. The van der Waals surface area contributed by atoms with Gasteiger partial charge in [-0.25, -0.2) is 8.42 Å². The summed E-state index contributed by atoms with van der Waals surface area (Å²) in [5, 5.41) is 3.35. The summed E-state index contributed by atoms with van der Waals surface area (Å²) in [6, 6.07) is 7.58. The van der Waals surface area contributed by atoms with Crippen LogP contribution in [0.2, 0.25) is 0 Å². The fraction of sp³-hybridized carbons (Fsp3) is 0.625. The smallest absolute Gasteiger partial charge is 0.243 e. The Morgan fingerprint density at radius 3 is 2.33 bits per heavy atom. The highest BCUT2D eigenvalue weighted by Gasteiger charge is 2.36. The number of nitrogens with zero attached hydrogens (tertiary/aromatic N) is 1. The molecular weight excluding hydrogens is 284 g/mol. The topological polar surface area (TPSA) is 49.4 Å². The first-order valence-corrected chi connectivity index (χ1v) is 9.35. The van der Waals surface area contributed by atoms with E-state index in [2.05, 4.69) is 12.2 Å². The van der Waals surface area contributed by atoms with Gasteiger partial charge in [0.25, 0.3) is 0 Å². The van der Waals surface area contributed by atoms with E-state index in [1.54, 1.807) is 16.4 Å². The van der Waals surface area contributed by atoms with Gasteiger partial charge in [0, 0.05) is 12.6 Å². The average molecular weight is 310 g/mol. The molecule has 1 saturated carbocycles. The van der Waals surface area contributed by atoms with Crippen molar-refractivity contribution in [1.29, 1.82) is 0 Å². The van der Waals surface area contributed by atoms with E-state index in [0.29, 0.717) is 11.4 Å². The summed E-state index contributed by atoms with van der Waals surface area (Å²) < 4.78 is 26.8. The second-order valence-corrected chi connectivity index (χ2v) is 7.47. The first-order valence-electron chi connectivity index (χ1n) is 7.91. The molecule has 21 heavy (non-hydrogen) atoms. The first kappa shape index (κ1) is 16.5. The van der Waals surface area contributed by atoms with Gasteiger partial charge in [0.15, 0.2) is 0 Å². The molecule has 0 saturated heterocycles. The molecule has 1 aromatic rings. The third kappa shape index (κ3) is 4.28. The van der Waals surface area contributed by atoms with Crippen molar-refractivity contribution < 1.29 is 8.42 Å². The van der Waals surface area contributed by atoms with Crippen LogP contribution in [0, 0.1) is 0 Å². The minimum Gasteiger partial charge on any atom is -0.316 e. The van der Waals surface area contributed by atoms with Crippen molar-refractivity contribution in [3.63, 3.8) is 0 Å². The maximum Gasteiger partial charge on any atom is 0.243 e. The van der Waals surface area contributed by atoms with Gasteiger partial charge in [-0.2, -0.15) is 4.31 Å². The Morgan fingerprint density at radius 2 is 1.81 bits per heavy atom. The quantitative estimate of drug-likeness (QED) is 0.713. The van der Waals surface area contributed by atoms with E-state index in [1.807, 2.05) is 19.1 Å². The van der Waals surface area contributed by atoms with Crippen LogP contribution in [0.15, 0.2) is 29.2 Å². The van der Waals surface area contributed by atoms with Crippen LogP contribution in [-0.4, -0.2) is 38.4 Å². The lowest BCUT2D eigenvalue weighted by Gasteiger charge is -2.20. The Hall–Kier alpha value is -0.910. The van der Waals surface area contributed by atoms with Gasteiger partial charge in [0.2, 0.25) is 10.0 Å². The lowest BCUT2D eigenvalue weighted by Crippen LogP contribution is -2.32. The molecule has 118 valence electrons. The zero-order valence-electron chi connectivity index (χ0n) is 13.0. The highest BCUT2D eigenvalue weighted by atomic mass is 32.2. The van der Waals surface area contributed by atoms with E-state index in [-0.39, 0.29) is 6.04 Å². The van der Waals surface area contributed by atoms with Crippen LogP contribution in [0.4, 0.5) is 0 Å². The molecule has 0 radical (unpaired) electrons. The predicted octanol–water partition coefficient (Wildman–Crippen LogP) is 2.40. The van der Waals surface area contributed by atoms with Gasteiger partial charge >= 0.3 is 0 Å². The Labute approximate surface area is 128 Å². The van der Waals surface area contributed by atoms with Crippen LogP contribution in [-0.2, 0) is 16.4 Å². The molecule has 1 aliphatic carbocycles. The number of benzene rings is 1. The van der Waals surface area contributed by atoms with Crippen molar-refractivity contribution in [2.24, 2.45) is 0 Å². The van der Waals surface area contributed by atoms with Crippen molar-refractivity contribution >= 4 is 10.0 Å². The van der Waals surface area contributed by atoms with Crippen molar-refractivity contribution in [3.8, 4) is 0 Å². The van der Waals surface area contributed by atoms with E-state index in [9.17, 15) is 8.42 Å². The molecule has 0 atom stereocenters. The highest BCUT2D eigenvalue weighted by Crippen LogP contribution is 2.31. The number of hydrogen-bond acceptors (Lipinski definition) is 3. The molecule has 1 fully saturated rings. The molecule has 0 unspecified atom stereocenters. The van der Waals surface area contributed by atoms with Crippen LogP contribution >= 0.6 is 0 Å². The SMILES string of the molecule is CCCNCCc1ccc(S(=O)(=O)N(CC)C2CC2)cc1. The standard InChI is InChI=1S/C16H26N2O2S/c1-3-12-17-13-11-14-5-9-16(10-6-14)21(19,20)18(4-2)15-7-8-15/h5-6,9-10,15,17H,3-4,7-8,11-13H2,1-2H3. The lowest BCUT2D eigenvalue weighted by molar-refractivity contribution is 0.421. The Morgan fingerprint density at radius 1 is 1.14 bits per heavy atom. The van der Waals surface area contributed by atoms with Crippen LogP contribution < -0.4 is 5.32 Å². The van der Waals surface area contributed by atoms with E-state index in [0.717, 1.165) is 38.8 Å². The molecule has 1 aliphatic rings. The summed E-state index contributed by atoms with van der Waals surface area (Å²) in [5.74, 6) is 0. The van der Waals surface area contributed by atoms with Crippen LogP contribution in [0.3, 0.4) is 0 Å². The molecule has 1 N–H and O–H groups in total. The van der Waals surface area contributed by atoms with E-state index in [4.69, 9.17) is 0 Å². The van der Waals surface area contributed by atoms with E-state index in [1.165, 1.54) is 5.56 Å². The van der Waals surface area contributed by atoms with Crippen LogP contribution in [0.5, 0.6) is 0 Å². The number of rotatable bonds is 9. The van der Waals surface area contributed by atoms with Gasteiger partial charge in [0.05, 0.1) is 4.90 Å². The molecule has 4 nitrogen and oxygen atoms in total. The van der Waals surface area contributed by atoms with E-state index < -0.39 is 10.0 Å². The van der Waals surface area contributed by atoms with Gasteiger partial charge in [-0.15, -0.1) is 0 Å². The molecule has 1 aromatic carbocycles. The molecular formula is C16H26N2O2S. The van der Waals surface area contributed by atoms with Gasteiger partial charge < -0.3 is 5.32 Å². The second kappa shape index (κ2) is 7.38. The Kier molecular flexibility index (Phi) is 5.79. The predicted molar refractivity (Wildman–Crippen MR) is 85.9 cm³/mol. The van der Waals surface area contributed by atoms with Crippen molar-refractivity contribution in [2.75, 3.05) is 19.6 Å².